The molecule has 0 bridgehead atoms. The summed E-state index contributed by atoms with van der Waals surface area (Å²) in [5, 5.41) is 0.791. The lowest BCUT2D eigenvalue weighted by atomic mass is 10.2. The number of aryl methyl sites for hydroxylation is 1. The van der Waals surface area contributed by atoms with E-state index in [0.29, 0.717) is 17.8 Å². The third-order valence-corrected chi connectivity index (χ3v) is 2.73. The quantitative estimate of drug-likeness (QED) is 0.681. The number of aromatic amines is 1. The summed E-state index contributed by atoms with van der Waals surface area (Å²) < 4.78 is 5.74. The number of halogens is 1. The number of H-pyrrole nitrogens is 1. The van der Waals surface area contributed by atoms with Crippen molar-refractivity contribution in [1.82, 2.24) is 9.97 Å². The van der Waals surface area contributed by atoms with Crippen molar-refractivity contribution in [2.45, 2.75) is 13.8 Å². The number of nitrogens with one attached hydrogen (secondary N) is 1. The van der Waals surface area contributed by atoms with Gasteiger partial charge in [-0.25, -0.2) is 9.78 Å². The Kier molecular flexibility index (Phi) is 2.96. The summed E-state index contributed by atoms with van der Waals surface area (Å²) in [4.78, 5) is 19.1. The van der Waals surface area contributed by atoms with Crippen LogP contribution in [0.2, 0.25) is 0 Å². The highest BCUT2D eigenvalue weighted by Gasteiger charge is 2.17. The van der Waals surface area contributed by atoms with Crippen molar-refractivity contribution in [1.29, 1.82) is 0 Å². The minimum atomic E-state index is -0.310. The maximum absolute atomic E-state index is 11.7. The molecule has 0 aliphatic rings. The van der Waals surface area contributed by atoms with Gasteiger partial charge in [0.05, 0.1) is 12.2 Å². The SMILES string of the molecule is CCOC(=O)c1c(C)[nH]c2nc(Br)ccc12. The average Bonchev–Trinajstić information content (AvgIpc) is 2.53. The van der Waals surface area contributed by atoms with Crippen LogP contribution in [-0.2, 0) is 4.74 Å². The normalized spacial score (nSPS) is 10.7. The van der Waals surface area contributed by atoms with Gasteiger partial charge in [0, 0.05) is 11.1 Å². The number of hydrogen-bond donors (Lipinski definition) is 1. The van der Waals surface area contributed by atoms with Crippen LogP contribution in [0.25, 0.3) is 11.0 Å². The fourth-order valence-corrected chi connectivity index (χ4v) is 1.95. The van der Waals surface area contributed by atoms with Crippen LogP contribution in [0.15, 0.2) is 16.7 Å². The summed E-state index contributed by atoms with van der Waals surface area (Å²) in [7, 11) is 0. The number of esters is 1. The van der Waals surface area contributed by atoms with E-state index < -0.39 is 0 Å². The number of hydrogen-bond acceptors (Lipinski definition) is 3. The van der Waals surface area contributed by atoms with Crippen molar-refractivity contribution in [2.24, 2.45) is 0 Å². The van der Waals surface area contributed by atoms with Crippen molar-refractivity contribution in [3.05, 3.63) is 28.0 Å². The molecule has 5 heteroatoms. The smallest absolute Gasteiger partial charge is 0.340 e. The molecular formula is C11H11BrN2O2. The van der Waals surface area contributed by atoms with Crippen LogP contribution in [0.1, 0.15) is 23.0 Å². The lowest BCUT2D eigenvalue weighted by molar-refractivity contribution is 0.0528. The van der Waals surface area contributed by atoms with E-state index in [9.17, 15) is 4.79 Å². The number of carbonyl (C=O) groups is 1. The lowest BCUT2D eigenvalue weighted by Crippen LogP contribution is -2.05. The van der Waals surface area contributed by atoms with E-state index in [1.807, 2.05) is 13.0 Å². The molecule has 0 aliphatic carbocycles. The van der Waals surface area contributed by atoms with E-state index in [0.717, 1.165) is 15.7 Å². The molecule has 0 radical (unpaired) electrons. The first-order valence-electron chi connectivity index (χ1n) is 4.95. The largest absolute Gasteiger partial charge is 0.462 e. The Morgan fingerprint density at radius 2 is 2.31 bits per heavy atom. The number of rotatable bonds is 2. The first-order valence-corrected chi connectivity index (χ1v) is 5.74. The lowest BCUT2D eigenvalue weighted by Gasteiger charge is -2.00. The van der Waals surface area contributed by atoms with Gasteiger partial charge in [0.2, 0.25) is 0 Å². The van der Waals surface area contributed by atoms with Gasteiger partial charge in [0.1, 0.15) is 10.3 Å². The number of carbonyl (C=O) groups excluding carboxylic acids is 1. The van der Waals surface area contributed by atoms with E-state index in [1.165, 1.54) is 0 Å². The van der Waals surface area contributed by atoms with Gasteiger partial charge < -0.3 is 9.72 Å². The molecule has 0 aliphatic heterocycles. The summed E-state index contributed by atoms with van der Waals surface area (Å²) in [5.74, 6) is -0.310. The van der Waals surface area contributed by atoms with Crippen LogP contribution >= 0.6 is 15.9 Å². The molecule has 2 rings (SSSR count). The first kappa shape index (κ1) is 11.1. The molecule has 0 amide bonds. The highest BCUT2D eigenvalue weighted by atomic mass is 79.9. The van der Waals surface area contributed by atoms with E-state index >= 15 is 0 Å². The number of pyridine rings is 1. The fraction of sp³-hybridized carbons (Fsp3) is 0.273. The Morgan fingerprint density at radius 3 is 3.00 bits per heavy atom. The maximum atomic E-state index is 11.7. The van der Waals surface area contributed by atoms with E-state index in [2.05, 4.69) is 25.9 Å². The zero-order valence-corrected chi connectivity index (χ0v) is 10.6. The van der Waals surface area contributed by atoms with Gasteiger partial charge in [-0.2, -0.15) is 0 Å². The molecule has 2 aromatic heterocycles. The second-order valence-electron chi connectivity index (χ2n) is 3.38. The summed E-state index contributed by atoms with van der Waals surface area (Å²) in [6, 6.07) is 3.65. The van der Waals surface area contributed by atoms with Gasteiger partial charge in [0.25, 0.3) is 0 Å². The average molecular weight is 283 g/mol. The summed E-state index contributed by atoms with van der Waals surface area (Å²) in [6.45, 7) is 3.99. The van der Waals surface area contributed by atoms with Gasteiger partial charge >= 0.3 is 5.97 Å². The predicted octanol–water partition coefficient (Wildman–Crippen LogP) is 2.81. The van der Waals surface area contributed by atoms with Crippen molar-refractivity contribution >= 4 is 32.9 Å². The third-order valence-electron chi connectivity index (χ3n) is 2.29. The van der Waals surface area contributed by atoms with Gasteiger partial charge in [-0.05, 0) is 41.9 Å². The Balaban J connectivity index is 2.60. The van der Waals surface area contributed by atoms with Gasteiger partial charge in [0.15, 0.2) is 0 Å². The zero-order chi connectivity index (χ0) is 11.7. The Labute approximate surface area is 101 Å². The number of nitrogens with zero attached hydrogens (tertiary/aromatic N) is 1. The molecule has 1 N–H and O–H groups in total. The van der Waals surface area contributed by atoms with Crippen LogP contribution in [0.3, 0.4) is 0 Å². The monoisotopic (exact) mass is 282 g/mol. The molecule has 0 aromatic carbocycles. The molecule has 0 saturated heterocycles. The number of aromatic nitrogens is 2. The second kappa shape index (κ2) is 4.25. The summed E-state index contributed by atoms with van der Waals surface area (Å²) >= 11 is 3.29. The van der Waals surface area contributed by atoms with Crippen LogP contribution in [0.5, 0.6) is 0 Å². The van der Waals surface area contributed by atoms with Crippen LogP contribution in [-0.4, -0.2) is 22.5 Å². The Hall–Kier alpha value is -1.36. The topological polar surface area (TPSA) is 55.0 Å². The van der Waals surface area contributed by atoms with Crippen LogP contribution in [0.4, 0.5) is 0 Å². The van der Waals surface area contributed by atoms with Gasteiger partial charge in [-0.15, -0.1) is 0 Å². The highest BCUT2D eigenvalue weighted by molar-refractivity contribution is 9.10. The van der Waals surface area contributed by atoms with Gasteiger partial charge in [-0.1, -0.05) is 0 Å². The maximum Gasteiger partial charge on any atom is 0.340 e. The van der Waals surface area contributed by atoms with Crippen molar-refractivity contribution in [3.63, 3.8) is 0 Å². The molecule has 0 atom stereocenters. The molecule has 0 spiro atoms. The van der Waals surface area contributed by atoms with E-state index in [4.69, 9.17) is 4.74 Å². The first-order chi connectivity index (χ1) is 7.63. The Bertz CT molecular complexity index is 548. The number of ether oxygens (including phenoxy) is 1. The van der Waals surface area contributed by atoms with Crippen molar-refractivity contribution in [2.75, 3.05) is 6.61 Å². The van der Waals surface area contributed by atoms with Gasteiger partial charge in [-0.3, -0.25) is 0 Å². The van der Waals surface area contributed by atoms with Crippen LogP contribution < -0.4 is 0 Å². The molecule has 16 heavy (non-hydrogen) atoms. The molecule has 0 fully saturated rings. The molecule has 4 nitrogen and oxygen atoms in total. The molecule has 0 saturated carbocycles. The molecule has 84 valence electrons. The highest BCUT2D eigenvalue weighted by Crippen LogP contribution is 2.23. The van der Waals surface area contributed by atoms with E-state index in [1.54, 1.807) is 13.0 Å². The summed E-state index contributed by atoms with van der Waals surface area (Å²) in [5.41, 5.74) is 2.03. The second-order valence-corrected chi connectivity index (χ2v) is 4.19. The van der Waals surface area contributed by atoms with E-state index in [-0.39, 0.29) is 5.97 Å². The fourth-order valence-electron chi connectivity index (χ4n) is 1.64. The minimum Gasteiger partial charge on any atom is -0.462 e. The third kappa shape index (κ3) is 1.82. The standard InChI is InChI=1S/C11H11BrN2O2/c1-3-16-11(15)9-6(2)13-10-7(9)4-5-8(12)14-10/h4-5H,3H2,1-2H3,(H,13,14). The van der Waals surface area contributed by atoms with Crippen molar-refractivity contribution in [3.8, 4) is 0 Å². The predicted molar refractivity (Wildman–Crippen MR) is 64.5 cm³/mol. The van der Waals surface area contributed by atoms with Crippen molar-refractivity contribution < 1.29 is 9.53 Å². The minimum absolute atomic E-state index is 0.310. The Morgan fingerprint density at radius 1 is 1.56 bits per heavy atom. The molecule has 2 aromatic rings. The molecule has 2 heterocycles. The number of fused-ring (bicyclic) bond motifs is 1. The molecule has 0 unspecified atom stereocenters. The zero-order valence-electron chi connectivity index (χ0n) is 9.00. The summed E-state index contributed by atoms with van der Waals surface area (Å²) in [6.07, 6.45) is 0. The van der Waals surface area contributed by atoms with Crippen LogP contribution in [0, 0.1) is 6.92 Å². The molecular weight excluding hydrogens is 272 g/mol.